The van der Waals surface area contributed by atoms with Crippen LogP contribution < -0.4 is 5.32 Å². The molecule has 1 fully saturated rings. The van der Waals surface area contributed by atoms with Gasteiger partial charge in [-0.1, -0.05) is 26.0 Å². The molecule has 1 amide bonds. The number of amides is 1. The quantitative estimate of drug-likeness (QED) is 0.673. The zero-order chi connectivity index (χ0) is 22.7. The number of aliphatic hydroxyl groups is 1. The van der Waals surface area contributed by atoms with Crippen molar-refractivity contribution >= 4 is 11.5 Å². The van der Waals surface area contributed by atoms with E-state index in [1.54, 1.807) is 17.1 Å². The molecule has 2 aliphatic rings. The molecule has 1 saturated carbocycles. The van der Waals surface area contributed by atoms with E-state index in [-0.39, 0.29) is 23.9 Å². The van der Waals surface area contributed by atoms with Gasteiger partial charge in [0.05, 0.1) is 0 Å². The van der Waals surface area contributed by atoms with Crippen LogP contribution in [0.15, 0.2) is 29.9 Å². The van der Waals surface area contributed by atoms with Gasteiger partial charge in [0.1, 0.15) is 29.5 Å². The van der Waals surface area contributed by atoms with E-state index in [0.717, 1.165) is 24.8 Å². The van der Waals surface area contributed by atoms with Gasteiger partial charge < -0.3 is 10.0 Å². The Morgan fingerprint density at radius 1 is 1.32 bits per heavy atom. The van der Waals surface area contributed by atoms with Gasteiger partial charge in [-0.15, -0.1) is 0 Å². The first-order valence-corrected chi connectivity index (χ1v) is 10.8. The molecule has 1 aromatic rings. The average molecular weight is 430 g/mol. The Hall–Kier alpha value is -2.56. The number of nitrogens with one attached hydrogen (secondary N) is 1. The molecule has 2 N–H and O–H groups in total. The second kappa shape index (κ2) is 9.71. The SMILES string of the molecule is CCC(O)N[C@H]1CC[C@@H](N(C)C(=O)C2=CC=C(c3cc(F)c(C#N)c(F)c3)CC2C)C1. The standard InChI is InChI=1S/C24H29F2N3O2/c1-4-23(30)28-17-6-7-18(12-17)29(3)24(31)19-8-5-15(9-14(19)2)16-10-21(25)20(13-27)22(26)11-16/h5,8,10-11,14,17-18,23,28,30H,4,6-7,9,12H2,1-3H3/t14?,17-,18+,23?/m0/s1. The van der Waals surface area contributed by atoms with E-state index >= 15 is 0 Å². The molecule has 5 nitrogen and oxygen atoms in total. The van der Waals surface area contributed by atoms with Crippen molar-refractivity contribution in [3.8, 4) is 6.07 Å². The summed E-state index contributed by atoms with van der Waals surface area (Å²) in [6.07, 6.45) is 6.66. The van der Waals surface area contributed by atoms with E-state index in [1.165, 1.54) is 18.2 Å². The predicted octanol–water partition coefficient (Wildman–Crippen LogP) is 3.88. The Morgan fingerprint density at radius 2 is 2.00 bits per heavy atom. The van der Waals surface area contributed by atoms with Gasteiger partial charge >= 0.3 is 0 Å². The van der Waals surface area contributed by atoms with E-state index in [2.05, 4.69) is 5.32 Å². The number of halogens is 2. The van der Waals surface area contributed by atoms with Crippen LogP contribution in [0.4, 0.5) is 8.78 Å². The van der Waals surface area contributed by atoms with Crippen molar-refractivity contribution in [1.82, 2.24) is 10.2 Å². The second-order valence-electron chi connectivity index (χ2n) is 8.52. The first-order chi connectivity index (χ1) is 14.7. The number of likely N-dealkylation sites (N-methyl/N-ethyl adjacent to an activating group) is 1. The van der Waals surface area contributed by atoms with Crippen LogP contribution in [-0.2, 0) is 4.79 Å². The fourth-order valence-corrected chi connectivity index (χ4v) is 4.44. The lowest BCUT2D eigenvalue weighted by molar-refractivity contribution is -0.128. The van der Waals surface area contributed by atoms with Gasteiger partial charge in [-0.05, 0) is 61.3 Å². The van der Waals surface area contributed by atoms with Crippen LogP contribution in [0.5, 0.6) is 0 Å². The van der Waals surface area contributed by atoms with Crippen LogP contribution in [0.3, 0.4) is 0 Å². The lowest BCUT2D eigenvalue weighted by Gasteiger charge is -2.29. The Balaban J connectivity index is 1.72. The zero-order valence-corrected chi connectivity index (χ0v) is 18.2. The first-order valence-electron chi connectivity index (χ1n) is 10.8. The number of nitrogens with zero attached hydrogens (tertiary/aromatic N) is 2. The van der Waals surface area contributed by atoms with Gasteiger partial charge in [0.15, 0.2) is 0 Å². The highest BCUT2D eigenvalue weighted by Crippen LogP contribution is 2.34. The molecule has 2 aliphatic carbocycles. The topological polar surface area (TPSA) is 76.4 Å². The van der Waals surface area contributed by atoms with E-state index < -0.39 is 23.4 Å². The Morgan fingerprint density at radius 3 is 2.58 bits per heavy atom. The molecule has 31 heavy (non-hydrogen) atoms. The van der Waals surface area contributed by atoms with Crippen molar-refractivity contribution < 1.29 is 18.7 Å². The number of hydrogen-bond acceptors (Lipinski definition) is 4. The molecule has 0 heterocycles. The van der Waals surface area contributed by atoms with Crippen molar-refractivity contribution in [1.29, 1.82) is 5.26 Å². The van der Waals surface area contributed by atoms with Crippen LogP contribution in [0.1, 0.15) is 57.1 Å². The summed E-state index contributed by atoms with van der Waals surface area (Å²) >= 11 is 0. The maximum Gasteiger partial charge on any atom is 0.250 e. The van der Waals surface area contributed by atoms with E-state index in [4.69, 9.17) is 5.26 Å². The van der Waals surface area contributed by atoms with Gasteiger partial charge in [0.25, 0.3) is 0 Å². The lowest BCUT2D eigenvalue weighted by Crippen LogP contribution is -2.40. The molecule has 166 valence electrons. The summed E-state index contributed by atoms with van der Waals surface area (Å²) in [5.41, 5.74) is 1.20. The summed E-state index contributed by atoms with van der Waals surface area (Å²) in [6.45, 7) is 3.84. The summed E-state index contributed by atoms with van der Waals surface area (Å²) in [7, 11) is 1.81. The van der Waals surface area contributed by atoms with E-state index in [9.17, 15) is 18.7 Å². The molecule has 4 atom stereocenters. The molecule has 2 unspecified atom stereocenters. The van der Waals surface area contributed by atoms with Crippen LogP contribution >= 0.6 is 0 Å². The number of hydrogen-bond donors (Lipinski definition) is 2. The minimum atomic E-state index is -0.880. The van der Waals surface area contributed by atoms with Gasteiger partial charge in [-0.2, -0.15) is 5.26 Å². The van der Waals surface area contributed by atoms with Crippen LogP contribution in [-0.4, -0.2) is 41.3 Å². The smallest absolute Gasteiger partial charge is 0.250 e. The van der Waals surface area contributed by atoms with Crippen molar-refractivity contribution in [2.24, 2.45) is 5.92 Å². The second-order valence-corrected chi connectivity index (χ2v) is 8.52. The highest BCUT2D eigenvalue weighted by molar-refractivity contribution is 5.95. The minimum absolute atomic E-state index is 0.0401. The molecule has 0 saturated heterocycles. The van der Waals surface area contributed by atoms with Gasteiger partial charge in [0.2, 0.25) is 5.91 Å². The normalized spacial score (nSPS) is 24.2. The van der Waals surface area contributed by atoms with Gasteiger partial charge in [-0.3, -0.25) is 10.1 Å². The van der Waals surface area contributed by atoms with Crippen molar-refractivity contribution in [3.05, 3.63) is 52.6 Å². The van der Waals surface area contributed by atoms with Gasteiger partial charge in [-0.25, -0.2) is 8.78 Å². The Bertz CT molecular complexity index is 928. The third-order valence-electron chi connectivity index (χ3n) is 6.38. The summed E-state index contributed by atoms with van der Waals surface area (Å²) in [6, 6.07) is 4.17. The molecule has 7 heteroatoms. The largest absolute Gasteiger partial charge is 0.379 e. The van der Waals surface area contributed by atoms with E-state index in [0.29, 0.717) is 24.0 Å². The number of allylic oxidation sites excluding steroid dienone is 3. The monoisotopic (exact) mass is 429 g/mol. The molecule has 1 aromatic carbocycles. The Kier molecular flexibility index (Phi) is 7.24. The maximum absolute atomic E-state index is 14.0. The third-order valence-corrected chi connectivity index (χ3v) is 6.38. The van der Waals surface area contributed by atoms with Gasteiger partial charge in [0, 0.05) is 24.7 Å². The predicted molar refractivity (Wildman–Crippen MR) is 115 cm³/mol. The lowest BCUT2D eigenvalue weighted by atomic mass is 9.84. The molecule has 0 aliphatic heterocycles. The molecule has 0 bridgehead atoms. The fourth-order valence-electron chi connectivity index (χ4n) is 4.44. The maximum atomic E-state index is 14.0. The Labute approximate surface area is 182 Å². The van der Waals surface area contributed by atoms with Crippen LogP contribution in [0.2, 0.25) is 0 Å². The first kappa shape index (κ1) is 23.1. The van der Waals surface area contributed by atoms with Crippen LogP contribution in [0.25, 0.3) is 5.57 Å². The molecule has 0 aromatic heterocycles. The minimum Gasteiger partial charge on any atom is -0.379 e. The fraction of sp³-hybridized carbons (Fsp3) is 0.500. The summed E-state index contributed by atoms with van der Waals surface area (Å²) in [4.78, 5) is 14.9. The van der Waals surface area contributed by atoms with Crippen molar-refractivity contribution in [2.75, 3.05) is 7.05 Å². The molecular formula is C24H29F2N3O2. The number of rotatable bonds is 6. The van der Waals surface area contributed by atoms with Crippen LogP contribution in [0, 0.1) is 28.9 Å². The summed E-state index contributed by atoms with van der Waals surface area (Å²) in [5.74, 6) is -1.90. The summed E-state index contributed by atoms with van der Waals surface area (Å²) < 4.78 is 28.0. The number of benzene rings is 1. The number of carbonyl (C=O) groups excluding carboxylic acids is 1. The number of aliphatic hydroxyl groups excluding tert-OH is 1. The number of carbonyl (C=O) groups is 1. The summed E-state index contributed by atoms with van der Waals surface area (Å²) in [5, 5.41) is 21.8. The zero-order valence-electron chi connectivity index (χ0n) is 18.2. The molecule has 0 spiro atoms. The highest BCUT2D eigenvalue weighted by atomic mass is 19.1. The average Bonchev–Trinajstić information content (AvgIpc) is 3.20. The number of nitriles is 1. The molecule has 3 rings (SSSR count). The molecule has 0 radical (unpaired) electrons. The molecular weight excluding hydrogens is 400 g/mol. The van der Waals surface area contributed by atoms with E-state index in [1.807, 2.05) is 20.9 Å². The van der Waals surface area contributed by atoms with Crippen molar-refractivity contribution in [2.45, 2.75) is 64.3 Å². The van der Waals surface area contributed by atoms with Crippen molar-refractivity contribution in [3.63, 3.8) is 0 Å². The highest BCUT2D eigenvalue weighted by Gasteiger charge is 2.33. The third kappa shape index (κ3) is 5.03.